The van der Waals surface area contributed by atoms with Gasteiger partial charge in [-0.1, -0.05) is 310 Å². The van der Waals surface area contributed by atoms with Crippen LogP contribution in [0.25, 0.3) is 0 Å². The van der Waals surface area contributed by atoms with Gasteiger partial charge in [-0.2, -0.15) is 0 Å². The lowest BCUT2D eigenvalue weighted by molar-refractivity contribution is 0.0615. The highest BCUT2D eigenvalue weighted by molar-refractivity contribution is 7.80. The van der Waals surface area contributed by atoms with Crippen molar-refractivity contribution >= 4 is 58.2 Å². The molecule has 0 saturated heterocycles. The van der Waals surface area contributed by atoms with Crippen molar-refractivity contribution in [3.8, 4) is 0 Å². The molecule has 2 amide bonds. The number of carbonyl (C=O) groups excluding carboxylic acids is 1. The molecule has 0 rings (SSSR count). The highest BCUT2D eigenvalue weighted by Crippen LogP contribution is 2.18. The van der Waals surface area contributed by atoms with E-state index in [4.69, 9.17) is 50.9 Å². The van der Waals surface area contributed by atoms with Crippen molar-refractivity contribution in [2.75, 3.05) is 66.6 Å². The number of unbranched alkanes of at least 4 members (excludes halogenated alkanes) is 45. The smallest absolute Gasteiger partial charge is 0.315 e. The van der Waals surface area contributed by atoms with Crippen LogP contribution in [0.3, 0.4) is 0 Å². The third-order valence-electron chi connectivity index (χ3n) is 15.8. The summed E-state index contributed by atoms with van der Waals surface area (Å²) >= 11 is 17.1. The molecular formula is C67H134N6O4S3. The molecule has 0 heterocycles. The summed E-state index contributed by atoms with van der Waals surface area (Å²) in [5, 5.41) is 17.0. The van der Waals surface area contributed by atoms with Crippen molar-refractivity contribution in [2.45, 2.75) is 341 Å². The lowest BCUT2D eigenvalue weighted by Gasteiger charge is -2.34. The Labute approximate surface area is 513 Å². The molecule has 0 atom stereocenters. The van der Waals surface area contributed by atoms with Gasteiger partial charge in [0.1, 0.15) is 25.4 Å². The van der Waals surface area contributed by atoms with E-state index in [9.17, 15) is 4.79 Å². The van der Waals surface area contributed by atoms with Crippen molar-refractivity contribution in [1.82, 2.24) is 31.5 Å². The molecule has 13 heteroatoms. The van der Waals surface area contributed by atoms with Gasteiger partial charge in [-0.25, -0.2) is 4.79 Å². The minimum Gasteiger partial charge on any atom is -0.468 e. The van der Waals surface area contributed by atoms with Crippen LogP contribution in [-0.4, -0.2) is 98.6 Å². The Morgan fingerprint density at radius 2 is 0.512 bits per heavy atom. The number of nitrogens with one attached hydrogen (secondary N) is 5. The molecule has 0 aromatic rings. The van der Waals surface area contributed by atoms with Crippen LogP contribution in [0.2, 0.25) is 0 Å². The van der Waals surface area contributed by atoms with Crippen LogP contribution in [0.1, 0.15) is 335 Å². The first kappa shape index (κ1) is 78.3. The zero-order valence-electron chi connectivity index (χ0n) is 53.6. The quantitative estimate of drug-likeness (QED) is 0.0297. The lowest BCUT2D eigenvalue weighted by Crippen LogP contribution is -2.62. The summed E-state index contributed by atoms with van der Waals surface area (Å²) in [6.07, 6.45) is 64.8. The Bertz CT molecular complexity index is 1220. The van der Waals surface area contributed by atoms with Crippen LogP contribution in [0, 0.1) is 0 Å². The third kappa shape index (κ3) is 59.5. The van der Waals surface area contributed by atoms with Crippen LogP contribution >= 0.6 is 36.7 Å². The maximum Gasteiger partial charge on any atom is 0.315 e. The van der Waals surface area contributed by atoms with Crippen LogP contribution in [0.4, 0.5) is 4.79 Å². The average molecular weight is 1180 g/mol. The first-order valence-electron chi connectivity index (χ1n) is 34.6. The molecule has 474 valence electrons. The average Bonchev–Trinajstić information content (AvgIpc) is 3.48. The number of hydrogen-bond donors (Lipinski definition) is 5. The van der Waals surface area contributed by atoms with E-state index in [1.807, 2.05) is 14.1 Å². The van der Waals surface area contributed by atoms with E-state index < -0.39 is 5.54 Å². The first-order valence-corrected chi connectivity index (χ1v) is 35.8. The van der Waals surface area contributed by atoms with E-state index in [1.54, 1.807) is 0 Å². The predicted molar refractivity (Wildman–Crippen MR) is 361 cm³/mol. The Balaban J connectivity index is 5.13. The number of ether oxygens (including phenoxy) is 3. The third-order valence-corrected chi connectivity index (χ3v) is 16.6. The summed E-state index contributed by atoms with van der Waals surface area (Å²) in [5.74, 6) is 0. The van der Waals surface area contributed by atoms with E-state index >= 15 is 0 Å². The highest BCUT2D eigenvalue weighted by atomic mass is 32.1. The fourth-order valence-electron chi connectivity index (χ4n) is 10.5. The lowest BCUT2D eigenvalue weighted by atomic mass is 10.0. The van der Waals surface area contributed by atoms with Crippen LogP contribution < -0.4 is 26.6 Å². The SMILES string of the molecule is CCCCCCCCCCCCCCCCCCNC(=S)OCC(COC(=S)NCCCCCCCCCCCCCCCCCC)(COC(=S)NCCCCCCCCCCCCCCCCCC)NC(=O)NCCCN(C)C. The minimum atomic E-state index is -1.16. The van der Waals surface area contributed by atoms with Crippen LogP contribution in [-0.2, 0) is 14.2 Å². The Hall–Kier alpha value is -1.70. The van der Waals surface area contributed by atoms with Crippen LogP contribution in [0.15, 0.2) is 0 Å². The van der Waals surface area contributed by atoms with Gasteiger partial charge in [0.25, 0.3) is 15.5 Å². The molecule has 0 radical (unpaired) electrons. The van der Waals surface area contributed by atoms with Crippen molar-refractivity contribution < 1.29 is 19.0 Å². The van der Waals surface area contributed by atoms with Gasteiger partial charge in [0.15, 0.2) is 0 Å². The van der Waals surface area contributed by atoms with E-state index in [0.29, 0.717) is 6.54 Å². The van der Waals surface area contributed by atoms with Crippen molar-refractivity contribution in [3.63, 3.8) is 0 Å². The van der Waals surface area contributed by atoms with Gasteiger partial charge in [-0.15, -0.1) is 0 Å². The topological polar surface area (TPSA) is 108 Å². The maximum absolute atomic E-state index is 13.6. The van der Waals surface area contributed by atoms with Gasteiger partial charge in [0, 0.05) is 26.2 Å². The Kier molecular flexibility index (Phi) is 62.0. The van der Waals surface area contributed by atoms with E-state index in [1.165, 1.54) is 270 Å². The summed E-state index contributed by atoms with van der Waals surface area (Å²) < 4.78 is 18.7. The normalized spacial score (nSPS) is 11.5. The molecular weight excluding hydrogens is 1050 g/mol. The zero-order chi connectivity index (χ0) is 58.3. The molecule has 0 aromatic carbocycles. The van der Waals surface area contributed by atoms with E-state index in [2.05, 4.69) is 52.3 Å². The molecule has 0 fully saturated rings. The fourth-order valence-corrected chi connectivity index (χ4v) is 11.0. The summed E-state index contributed by atoms with van der Waals surface area (Å²) in [7, 11) is 4.06. The van der Waals surface area contributed by atoms with Gasteiger partial charge in [-0.05, 0) is 83.0 Å². The molecule has 0 spiro atoms. The molecule has 80 heavy (non-hydrogen) atoms. The zero-order valence-corrected chi connectivity index (χ0v) is 56.1. The van der Waals surface area contributed by atoms with Gasteiger partial charge < -0.3 is 45.7 Å². The second-order valence-electron chi connectivity index (χ2n) is 24.2. The van der Waals surface area contributed by atoms with E-state index in [-0.39, 0.29) is 41.4 Å². The molecule has 0 aliphatic heterocycles. The number of carbonyl (C=O) groups is 1. The number of nitrogens with zero attached hydrogens (tertiary/aromatic N) is 1. The second kappa shape index (κ2) is 63.3. The summed E-state index contributed by atoms with van der Waals surface area (Å²) in [5.41, 5.74) is -1.16. The maximum atomic E-state index is 13.6. The summed E-state index contributed by atoms with van der Waals surface area (Å²) in [6, 6.07) is -0.342. The van der Waals surface area contributed by atoms with Gasteiger partial charge in [-0.3, -0.25) is 0 Å². The van der Waals surface area contributed by atoms with Crippen LogP contribution in [0.5, 0.6) is 0 Å². The van der Waals surface area contributed by atoms with Crippen molar-refractivity contribution in [1.29, 1.82) is 0 Å². The molecule has 0 saturated carbocycles. The van der Waals surface area contributed by atoms with Crippen molar-refractivity contribution in [3.05, 3.63) is 0 Å². The molecule has 0 bridgehead atoms. The van der Waals surface area contributed by atoms with Gasteiger partial charge in [0.05, 0.1) is 0 Å². The monoisotopic (exact) mass is 1180 g/mol. The standard InChI is InChI=1S/C67H134N6O4S3/c1-6-9-12-15-18-21-24-27-30-33-36-39-42-45-48-51-55-69-64(78)75-60-67(72-63(74)68-58-54-59-73(4)5,61-76-65(79)70-56-52-49-46-43-40-37-34-31-28-25-22-19-16-13-10-7-2)62-77-66(80)71-57-53-50-47-44-41-38-35-32-29-26-23-20-17-14-11-8-3/h6-62H2,1-5H3,(H,69,78)(H,70,79)(H,71,80)(H2,68,72,74). The molecule has 5 N–H and O–H groups in total. The van der Waals surface area contributed by atoms with Crippen molar-refractivity contribution in [2.24, 2.45) is 0 Å². The largest absolute Gasteiger partial charge is 0.468 e. The Morgan fingerprint density at radius 1 is 0.312 bits per heavy atom. The number of rotatable bonds is 62. The van der Waals surface area contributed by atoms with E-state index in [0.717, 1.165) is 71.1 Å². The summed E-state index contributed by atoms with van der Waals surface area (Å²) in [6.45, 7) is 10.5. The molecule has 0 aliphatic rings. The number of hydrogen-bond acceptors (Lipinski definition) is 8. The number of amides is 2. The first-order chi connectivity index (χ1) is 39.2. The number of urea groups is 1. The molecule has 10 nitrogen and oxygen atoms in total. The molecule has 0 aromatic heterocycles. The van der Waals surface area contributed by atoms with Gasteiger partial charge in [0.2, 0.25) is 0 Å². The molecule has 0 unspecified atom stereocenters. The van der Waals surface area contributed by atoms with Gasteiger partial charge >= 0.3 is 6.03 Å². The highest BCUT2D eigenvalue weighted by Gasteiger charge is 2.37. The fraction of sp³-hybridized carbons (Fsp3) is 0.940. The minimum absolute atomic E-state index is 0.00634. The second-order valence-corrected chi connectivity index (χ2v) is 25.3. The summed E-state index contributed by atoms with van der Waals surface area (Å²) in [4.78, 5) is 15.7. The predicted octanol–water partition coefficient (Wildman–Crippen LogP) is 19.4. The Morgan fingerprint density at radius 3 is 0.725 bits per heavy atom. The molecule has 0 aliphatic carbocycles. The number of thiocarbonyl (C=S) groups is 3.